The van der Waals surface area contributed by atoms with Crippen molar-refractivity contribution in [3.8, 4) is 0 Å². The van der Waals surface area contributed by atoms with Crippen molar-refractivity contribution in [1.29, 1.82) is 0 Å². The second-order valence-corrected chi connectivity index (χ2v) is 4.42. The average Bonchev–Trinajstić information content (AvgIpc) is 2.42. The number of benzene rings is 1. The summed E-state index contributed by atoms with van der Waals surface area (Å²) in [5.74, 6) is -0.420. The Morgan fingerprint density at radius 2 is 2.00 bits per heavy atom. The van der Waals surface area contributed by atoms with Gasteiger partial charge >= 0.3 is 5.97 Å². The van der Waals surface area contributed by atoms with Crippen molar-refractivity contribution in [3.63, 3.8) is 0 Å². The van der Waals surface area contributed by atoms with E-state index >= 15 is 0 Å². The van der Waals surface area contributed by atoms with Gasteiger partial charge in [-0.15, -0.1) is 0 Å². The third-order valence-corrected chi connectivity index (χ3v) is 2.73. The summed E-state index contributed by atoms with van der Waals surface area (Å²) < 4.78 is 6.00. The number of aromatic nitrogens is 1. The minimum Gasteiger partial charge on any atom is -0.431 e. The molecule has 2 aromatic rings. The smallest absolute Gasteiger partial charge is 0.344 e. The molecule has 0 atom stereocenters. The second kappa shape index (κ2) is 6.12. The Morgan fingerprint density at radius 1 is 1.22 bits per heavy atom. The summed E-state index contributed by atoms with van der Waals surface area (Å²) in [7, 11) is 0. The second-order valence-electron chi connectivity index (χ2n) is 3.50. The van der Waals surface area contributed by atoms with Crippen LogP contribution in [0.1, 0.15) is 15.9 Å². The van der Waals surface area contributed by atoms with Crippen molar-refractivity contribution in [2.24, 2.45) is 0 Å². The van der Waals surface area contributed by atoms with Gasteiger partial charge in [0.2, 0.25) is 0 Å². The molecule has 1 heterocycles. The van der Waals surface area contributed by atoms with E-state index in [1.807, 2.05) is 24.3 Å². The largest absolute Gasteiger partial charge is 0.431 e. The first-order valence-corrected chi connectivity index (χ1v) is 6.08. The van der Waals surface area contributed by atoms with Gasteiger partial charge in [-0.1, -0.05) is 28.1 Å². The molecule has 0 unspecified atom stereocenters. The fourth-order valence-corrected chi connectivity index (χ4v) is 1.56. The summed E-state index contributed by atoms with van der Waals surface area (Å²) in [4.78, 5) is 15.4. The van der Waals surface area contributed by atoms with E-state index in [1.165, 1.54) is 12.5 Å². The highest BCUT2D eigenvalue weighted by Crippen LogP contribution is 2.11. The molecule has 0 amide bonds. The quantitative estimate of drug-likeness (QED) is 0.641. The Labute approximate surface area is 113 Å². The van der Waals surface area contributed by atoms with E-state index in [9.17, 15) is 4.79 Å². The Kier molecular flexibility index (Phi) is 4.25. The molecule has 0 spiro atoms. The normalized spacial score (nSPS) is 10.5. The summed E-state index contributed by atoms with van der Waals surface area (Å²) in [5, 5.41) is 0. The SMILES string of the molecule is O=C(O/C=C/c1ccc(Br)cc1)c1cccnc1. The zero-order valence-electron chi connectivity index (χ0n) is 9.42. The Hall–Kier alpha value is -1.94. The van der Waals surface area contributed by atoms with Crippen LogP contribution in [0.5, 0.6) is 0 Å². The first kappa shape index (κ1) is 12.5. The number of carbonyl (C=O) groups excluding carboxylic acids is 1. The monoisotopic (exact) mass is 303 g/mol. The van der Waals surface area contributed by atoms with Gasteiger partial charge in [0.15, 0.2) is 0 Å². The van der Waals surface area contributed by atoms with Crippen LogP contribution in [-0.4, -0.2) is 11.0 Å². The van der Waals surface area contributed by atoms with Crippen molar-refractivity contribution < 1.29 is 9.53 Å². The van der Waals surface area contributed by atoms with Crippen LogP contribution in [0.15, 0.2) is 59.5 Å². The molecule has 4 heteroatoms. The molecule has 0 N–H and O–H groups in total. The van der Waals surface area contributed by atoms with Gasteiger partial charge in [-0.3, -0.25) is 4.98 Å². The Bertz CT molecular complexity index is 550. The zero-order valence-corrected chi connectivity index (χ0v) is 11.0. The highest BCUT2D eigenvalue weighted by atomic mass is 79.9. The van der Waals surface area contributed by atoms with Gasteiger partial charge in [0.05, 0.1) is 11.8 Å². The van der Waals surface area contributed by atoms with Crippen molar-refractivity contribution in [2.45, 2.75) is 0 Å². The minimum atomic E-state index is -0.420. The number of halogens is 1. The number of hydrogen-bond acceptors (Lipinski definition) is 3. The summed E-state index contributed by atoms with van der Waals surface area (Å²) >= 11 is 3.35. The van der Waals surface area contributed by atoms with E-state index in [2.05, 4.69) is 20.9 Å². The summed E-state index contributed by atoms with van der Waals surface area (Å²) in [6, 6.07) is 11.0. The van der Waals surface area contributed by atoms with Crippen LogP contribution in [0.25, 0.3) is 6.08 Å². The number of pyridine rings is 1. The number of ether oxygens (including phenoxy) is 1. The molecule has 1 aromatic carbocycles. The van der Waals surface area contributed by atoms with Crippen LogP contribution >= 0.6 is 15.9 Å². The summed E-state index contributed by atoms with van der Waals surface area (Å²) in [6.45, 7) is 0. The Morgan fingerprint density at radius 3 is 2.67 bits per heavy atom. The average molecular weight is 304 g/mol. The first-order valence-electron chi connectivity index (χ1n) is 5.29. The maximum Gasteiger partial charge on any atom is 0.344 e. The molecule has 0 fully saturated rings. The lowest BCUT2D eigenvalue weighted by molar-refractivity contribution is 0.0665. The lowest BCUT2D eigenvalue weighted by atomic mass is 10.2. The summed E-state index contributed by atoms with van der Waals surface area (Å²) in [5.41, 5.74) is 1.38. The third-order valence-electron chi connectivity index (χ3n) is 2.20. The van der Waals surface area contributed by atoms with Crippen LogP contribution in [0, 0.1) is 0 Å². The fraction of sp³-hybridized carbons (Fsp3) is 0. The molecule has 3 nitrogen and oxygen atoms in total. The van der Waals surface area contributed by atoms with E-state index in [0.29, 0.717) is 5.56 Å². The zero-order chi connectivity index (χ0) is 12.8. The molecular weight excluding hydrogens is 294 g/mol. The molecule has 90 valence electrons. The number of esters is 1. The van der Waals surface area contributed by atoms with E-state index in [-0.39, 0.29) is 0 Å². The third kappa shape index (κ3) is 3.53. The minimum absolute atomic E-state index is 0.420. The maximum absolute atomic E-state index is 11.6. The number of nitrogens with zero attached hydrogens (tertiary/aromatic N) is 1. The van der Waals surface area contributed by atoms with Crippen molar-refractivity contribution >= 4 is 28.0 Å². The molecule has 0 aliphatic rings. The molecule has 0 saturated carbocycles. The first-order chi connectivity index (χ1) is 8.75. The molecule has 0 saturated heterocycles. The number of hydrogen-bond donors (Lipinski definition) is 0. The van der Waals surface area contributed by atoms with Crippen LogP contribution < -0.4 is 0 Å². The van der Waals surface area contributed by atoms with E-state index in [1.54, 1.807) is 24.4 Å². The molecule has 0 bridgehead atoms. The topological polar surface area (TPSA) is 39.2 Å². The predicted molar refractivity (Wildman–Crippen MR) is 72.8 cm³/mol. The van der Waals surface area contributed by atoms with Gasteiger partial charge in [0.25, 0.3) is 0 Å². The van der Waals surface area contributed by atoms with Crippen LogP contribution in [-0.2, 0) is 4.74 Å². The number of carbonyl (C=O) groups is 1. The van der Waals surface area contributed by atoms with E-state index in [0.717, 1.165) is 10.0 Å². The Balaban J connectivity index is 1.96. The van der Waals surface area contributed by atoms with Crippen LogP contribution in [0.4, 0.5) is 0 Å². The van der Waals surface area contributed by atoms with Gasteiger partial charge in [-0.25, -0.2) is 4.79 Å². The van der Waals surface area contributed by atoms with E-state index < -0.39 is 5.97 Å². The van der Waals surface area contributed by atoms with Gasteiger partial charge in [0, 0.05) is 16.9 Å². The molecule has 0 aliphatic carbocycles. The molecule has 2 rings (SSSR count). The molecule has 1 aromatic heterocycles. The van der Waals surface area contributed by atoms with Crippen LogP contribution in [0.3, 0.4) is 0 Å². The summed E-state index contributed by atoms with van der Waals surface area (Å²) in [6.07, 6.45) is 6.17. The lowest BCUT2D eigenvalue weighted by Gasteiger charge is -1.98. The van der Waals surface area contributed by atoms with Crippen molar-refractivity contribution in [3.05, 3.63) is 70.7 Å². The number of rotatable bonds is 3. The van der Waals surface area contributed by atoms with Gasteiger partial charge in [-0.05, 0) is 35.9 Å². The van der Waals surface area contributed by atoms with Crippen molar-refractivity contribution in [2.75, 3.05) is 0 Å². The van der Waals surface area contributed by atoms with Crippen LogP contribution in [0.2, 0.25) is 0 Å². The van der Waals surface area contributed by atoms with Gasteiger partial charge in [0.1, 0.15) is 0 Å². The maximum atomic E-state index is 11.6. The lowest BCUT2D eigenvalue weighted by Crippen LogP contribution is -2.00. The van der Waals surface area contributed by atoms with E-state index in [4.69, 9.17) is 4.74 Å². The fourth-order valence-electron chi connectivity index (χ4n) is 1.30. The van der Waals surface area contributed by atoms with Gasteiger partial charge < -0.3 is 4.74 Å². The van der Waals surface area contributed by atoms with Crippen molar-refractivity contribution in [1.82, 2.24) is 4.98 Å². The standard InChI is InChI=1S/C14H10BrNO2/c15-13-5-3-11(4-6-13)7-9-18-14(17)12-2-1-8-16-10-12/h1-10H/b9-7+. The van der Waals surface area contributed by atoms with Gasteiger partial charge in [-0.2, -0.15) is 0 Å². The molecule has 0 aliphatic heterocycles. The highest BCUT2D eigenvalue weighted by molar-refractivity contribution is 9.10. The highest BCUT2D eigenvalue weighted by Gasteiger charge is 2.03. The predicted octanol–water partition coefficient (Wildman–Crippen LogP) is 3.67. The molecule has 0 radical (unpaired) electrons. The molecule has 18 heavy (non-hydrogen) atoms. The molecular formula is C14H10BrNO2.